The van der Waals surface area contributed by atoms with Gasteiger partial charge in [0, 0.05) is 23.0 Å². The number of aromatic nitrogens is 4. The number of hydrazone groups is 1. The molecule has 0 aliphatic carbocycles. The van der Waals surface area contributed by atoms with E-state index in [0.717, 1.165) is 23.1 Å². The fraction of sp³-hybridized carbons (Fsp3) is 0.143. The number of nitrogens with one attached hydrogen (secondary N) is 1. The molecule has 3 heterocycles. The highest BCUT2D eigenvalue weighted by Gasteiger charge is 2.15. The molecule has 0 aliphatic rings. The molecule has 156 valence electrons. The average Bonchev–Trinajstić information content (AvgIpc) is 3.02. The van der Waals surface area contributed by atoms with Gasteiger partial charge in [-0.1, -0.05) is 12.1 Å². The Labute approximate surface area is 176 Å². The summed E-state index contributed by atoms with van der Waals surface area (Å²) in [5, 5.41) is 15.4. The number of pyridine rings is 1. The summed E-state index contributed by atoms with van der Waals surface area (Å²) in [5.74, 6) is 0.948. The SMILES string of the molecule is Cc1cc(C=NNc2ccc([N+](=O)[O-])cn2)c(C)n1-n1c(C)nc2ccccc2c1=O. The largest absolute Gasteiger partial charge is 0.287 e. The van der Waals surface area contributed by atoms with Crippen LogP contribution in [0, 0.1) is 30.9 Å². The number of anilines is 1. The summed E-state index contributed by atoms with van der Waals surface area (Å²) in [5.41, 5.74) is 5.61. The summed E-state index contributed by atoms with van der Waals surface area (Å²) < 4.78 is 3.36. The number of hydrogen-bond acceptors (Lipinski definition) is 7. The lowest BCUT2D eigenvalue weighted by Crippen LogP contribution is -2.30. The molecule has 3 aromatic heterocycles. The fourth-order valence-electron chi connectivity index (χ4n) is 3.41. The number of aryl methyl sites for hydroxylation is 2. The highest BCUT2D eigenvalue weighted by molar-refractivity contribution is 5.82. The second kappa shape index (κ2) is 7.82. The third kappa shape index (κ3) is 3.66. The molecule has 0 unspecified atom stereocenters. The summed E-state index contributed by atoms with van der Waals surface area (Å²) in [4.78, 5) is 31.8. The van der Waals surface area contributed by atoms with Gasteiger partial charge in [0.1, 0.15) is 17.8 Å². The van der Waals surface area contributed by atoms with E-state index in [-0.39, 0.29) is 11.2 Å². The predicted octanol–water partition coefficient (Wildman–Crippen LogP) is 3.18. The van der Waals surface area contributed by atoms with Gasteiger partial charge in [-0.15, -0.1) is 0 Å². The first-order valence-corrected chi connectivity index (χ1v) is 9.44. The molecule has 0 saturated carbocycles. The molecule has 4 rings (SSSR count). The van der Waals surface area contributed by atoms with E-state index in [1.54, 1.807) is 23.9 Å². The van der Waals surface area contributed by atoms with Crippen molar-refractivity contribution in [2.24, 2.45) is 5.10 Å². The molecule has 1 N–H and O–H groups in total. The maximum atomic E-state index is 13.1. The van der Waals surface area contributed by atoms with Crippen molar-refractivity contribution in [1.29, 1.82) is 0 Å². The molecule has 0 aliphatic heterocycles. The number of para-hydroxylation sites is 1. The van der Waals surface area contributed by atoms with Gasteiger partial charge in [0.2, 0.25) is 0 Å². The van der Waals surface area contributed by atoms with Gasteiger partial charge in [-0.2, -0.15) is 9.78 Å². The van der Waals surface area contributed by atoms with Gasteiger partial charge in [0.05, 0.1) is 22.0 Å². The Bertz CT molecular complexity index is 1380. The molecule has 0 amide bonds. The molecule has 10 nitrogen and oxygen atoms in total. The third-order valence-electron chi connectivity index (χ3n) is 4.89. The van der Waals surface area contributed by atoms with Crippen molar-refractivity contribution >= 4 is 28.6 Å². The summed E-state index contributed by atoms with van der Waals surface area (Å²) in [7, 11) is 0. The smallest absolute Gasteiger partial charge is 0.267 e. The van der Waals surface area contributed by atoms with Crippen LogP contribution in [-0.2, 0) is 0 Å². The van der Waals surface area contributed by atoms with Crippen LogP contribution in [0.5, 0.6) is 0 Å². The lowest BCUT2D eigenvalue weighted by Gasteiger charge is -2.16. The van der Waals surface area contributed by atoms with Gasteiger partial charge in [0.25, 0.3) is 11.2 Å². The topological polar surface area (TPSA) is 120 Å². The molecular weight excluding hydrogens is 398 g/mol. The Morgan fingerprint density at radius 2 is 1.90 bits per heavy atom. The van der Waals surface area contributed by atoms with Crippen molar-refractivity contribution in [2.45, 2.75) is 20.8 Å². The van der Waals surface area contributed by atoms with Crippen molar-refractivity contribution in [3.8, 4) is 0 Å². The van der Waals surface area contributed by atoms with Gasteiger partial charge in [-0.05, 0) is 45.0 Å². The van der Waals surface area contributed by atoms with Gasteiger partial charge in [0.15, 0.2) is 0 Å². The summed E-state index contributed by atoms with van der Waals surface area (Å²) in [6.07, 6.45) is 2.77. The zero-order valence-corrected chi connectivity index (χ0v) is 17.1. The van der Waals surface area contributed by atoms with E-state index < -0.39 is 4.92 Å². The normalized spacial score (nSPS) is 11.3. The first-order valence-electron chi connectivity index (χ1n) is 9.44. The van der Waals surface area contributed by atoms with E-state index in [1.165, 1.54) is 12.1 Å². The molecule has 0 radical (unpaired) electrons. The molecule has 0 saturated heterocycles. The van der Waals surface area contributed by atoms with Crippen LogP contribution in [0.4, 0.5) is 11.5 Å². The van der Waals surface area contributed by atoms with E-state index in [0.29, 0.717) is 22.5 Å². The minimum Gasteiger partial charge on any atom is -0.267 e. The number of nitro groups is 1. The van der Waals surface area contributed by atoms with Crippen molar-refractivity contribution in [1.82, 2.24) is 19.3 Å². The maximum Gasteiger partial charge on any atom is 0.287 e. The Hall–Kier alpha value is -4.34. The van der Waals surface area contributed by atoms with Crippen LogP contribution in [0.1, 0.15) is 22.8 Å². The Morgan fingerprint density at radius 3 is 2.61 bits per heavy atom. The minimum absolute atomic E-state index is 0.0946. The molecule has 10 heteroatoms. The fourth-order valence-corrected chi connectivity index (χ4v) is 3.41. The summed E-state index contributed by atoms with van der Waals surface area (Å²) in [6, 6.07) is 12.0. The lowest BCUT2D eigenvalue weighted by atomic mass is 10.2. The van der Waals surface area contributed by atoms with Gasteiger partial charge in [-0.25, -0.2) is 9.97 Å². The van der Waals surface area contributed by atoms with E-state index in [2.05, 4.69) is 20.5 Å². The van der Waals surface area contributed by atoms with E-state index >= 15 is 0 Å². The molecule has 4 aromatic rings. The quantitative estimate of drug-likeness (QED) is 0.302. The van der Waals surface area contributed by atoms with Crippen LogP contribution in [0.15, 0.2) is 58.6 Å². The van der Waals surface area contributed by atoms with Crippen LogP contribution >= 0.6 is 0 Å². The lowest BCUT2D eigenvalue weighted by molar-refractivity contribution is -0.385. The second-order valence-corrected chi connectivity index (χ2v) is 6.96. The number of nitrogens with zero attached hydrogens (tertiary/aromatic N) is 6. The van der Waals surface area contributed by atoms with Crippen LogP contribution in [-0.4, -0.2) is 30.5 Å². The Morgan fingerprint density at radius 1 is 1.13 bits per heavy atom. The van der Waals surface area contributed by atoms with E-state index in [9.17, 15) is 14.9 Å². The van der Waals surface area contributed by atoms with E-state index in [4.69, 9.17) is 0 Å². The van der Waals surface area contributed by atoms with Crippen molar-refractivity contribution in [3.05, 3.63) is 91.9 Å². The van der Waals surface area contributed by atoms with Crippen LogP contribution < -0.4 is 11.0 Å². The number of benzene rings is 1. The molecule has 0 spiro atoms. The number of fused-ring (bicyclic) bond motifs is 1. The van der Waals surface area contributed by atoms with Crippen LogP contribution in [0.3, 0.4) is 0 Å². The van der Waals surface area contributed by atoms with Gasteiger partial charge < -0.3 is 0 Å². The molecule has 1 aromatic carbocycles. The maximum absolute atomic E-state index is 13.1. The minimum atomic E-state index is -0.513. The standard InChI is InChI=1S/C21H19N7O3/c1-13-10-16(11-23-25-20-9-8-17(12-22-20)28(30)31)14(2)26(13)27-15(3)24-19-7-5-4-6-18(19)21(27)29/h4-12H,1-3H3,(H,22,25). The highest BCUT2D eigenvalue weighted by Crippen LogP contribution is 2.16. The average molecular weight is 417 g/mol. The number of hydrogen-bond donors (Lipinski definition) is 1. The zero-order valence-electron chi connectivity index (χ0n) is 17.1. The van der Waals surface area contributed by atoms with Gasteiger partial charge >= 0.3 is 0 Å². The van der Waals surface area contributed by atoms with Crippen molar-refractivity contribution in [2.75, 3.05) is 5.43 Å². The monoisotopic (exact) mass is 417 g/mol. The molecule has 0 fully saturated rings. The summed E-state index contributed by atoms with van der Waals surface area (Å²) >= 11 is 0. The summed E-state index contributed by atoms with van der Waals surface area (Å²) in [6.45, 7) is 5.58. The Kier molecular flexibility index (Phi) is 5.04. The molecule has 31 heavy (non-hydrogen) atoms. The van der Waals surface area contributed by atoms with Crippen LogP contribution in [0.2, 0.25) is 0 Å². The van der Waals surface area contributed by atoms with Crippen molar-refractivity contribution < 1.29 is 4.92 Å². The first-order chi connectivity index (χ1) is 14.9. The molecule has 0 atom stereocenters. The molecule has 0 bridgehead atoms. The highest BCUT2D eigenvalue weighted by atomic mass is 16.6. The van der Waals surface area contributed by atoms with E-state index in [1.807, 2.05) is 42.8 Å². The predicted molar refractivity (Wildman–Crippen MR) is 118 cm³/mol. The second-order valence-electron chi connectivity index (χ2n) is 6.96. The van der Waals surface area contributed by atoms with Crippen LogP contribution in [0.25, 0.3) is 10.9 Å². The zero-order chi connectivity index (χ0) is 22.1. The van der Waals surface area contributed by atoms with Crippen molar-refractivity contribution in [3.63, 3.8) is 0 Å². The van der Waals surface area contributed by atoms with Gasteiger partial charge in [-0.3, -0.25) is 25.0 Å². The third-order valence-corrected chi connectivity index (χ3v) is 4.89. The number of rotatable bonds is 5. The molecular formula is C21H19N7O3. The Balaban J connectivity index is 1.67. The first kappa shape index (κ1) is 20.0.